The Morgan fingerprint density at radius 2 is 2.18 bits per heavy atom. The van der Waals surface area contributed by atoms with Crippen LogP contribution in [0.2, 0.25) is 0 Å². The number of fused-ring (bicyclic) bond motifs is 1. The van der Waals surface area contributed by atoms with Gasteiger partial charge in [0, 0.05) is 36.0 Å². The van der Waals surface area contributed by atoms with Gasteiger partial charge in [0.1, 0.15) is 24.3 Å². The molecule has 2 saturated heterocycles. The molecule has 1 aromatic heterocycles. The maximum Gasteiger partial charge on any atom is 0.162 e. The maximum atomic E-state index is 9.70. The number of anilines is 2. The van der Waals surface area contributed by atoms with E-state index in [1.807, 2.05) is 44.2 Å². The lowest BCUT2D eigenvalue weighted by Gasteiger charge is -2.22. The second-order valence-electron chi connectivity index (χ2n) is 8.76. The molecular weight excluding hydrogens is 422 g/mol. The van der Waals surface area contributed by atoms with Crippen molar-refractivity contribution in [1.82, 2.24) is 4.98 Å². The minimum absolute atomic E-state index is 0.103. The van der Waals surface area contributed by atoms with Crippen LogP contribution in [-0.2, 0) is 9.47 Å². The number of hydrogen-bond acceptors (Lipinski definition) is 9. The fourth-order valence-corrected chi connectivity index (χ4v) is 4.17. The Morgan fingerprint density at radius 1 is 1.33 bits per heavy atom. The van der Waals surface area contributed by atoms with Crippen LogP contribution in [0.1, 0.15) is 25.8 Å². The molecule has 0 bridgehead atoms. The Labute approximate surface area is 194 Å². The monoisotopic (exact) mass is 455 g/mol. The highest BCUT2D eigenvalue weighted by Crippen LogP contribution is 2.36. The molecule has 9 nitrogen and oxygen atoms in total. The largest absolute Gasteiger partial charge is 0.491 e. The first-order chi connectivity index (χ1) is 16.0. The number of aliphatic hydroxyl groups is 1. The number of hydrogen-bond donors (Lipinski definition) is 5. The molecule has 2 fully saturated rings. The van der Waals surface area contributed by atoms with Crippen molar-refractivity contribution < 1.29 is 19.3 Å². The van der Waals surface area contributed by atoms with Gasteiger partial charge in [-0.05, 0) is 38.5 Å². The summed E-state index contributed by atoms with van der Waals surface area (Å²) in [4.78, 5) is 4.82. The molecule has 9 heteroatoms. The van der Waals surface area contributed by atoms with Gasteiger partial charge in [0.25, 0.3) is 0 Å². The lowest BCUT2D eigenvalue weighted by atomic mass is 9.99. The Bertz CT molecular complexity index is 970. The van der Waals surface area contributed by atoms with Gasteiger partial charge in [0.15, 0.2) is 6.29 Å². The maximum absolute atomic E-state index is 9.70. The Hall–Kier alpha value is -2.72. The zero-order valence-electron chi connectivity index (χ0n) is 19.1. The summed E-state index contributed by atoms with van der Waals surface area (Å²) >= 11 is 0. The van der Waals surface area contributed by atoms with Crippen molar-refractivity contribution in [2.24, 2.45) is 11.7 Å². The summed E-state index contributed by atoms with van der Waals surface area (Å²) in [5.41, 5.74) is 8.60. The molecular formula is C24H33N5O4. The number of nitrogens with zero attached hydrogens (tertiary/aromatic N) is 1. The Morgan fingerprint density at radius 3 is 2.94 bits per heavy atom. The highest BCUT2D eigenvalue weighted by atomic mass is 16.7. The summed E-state index contributed by atoms with van der Waals surface area (Å²) < 4.78 is 17.1. The van der Waals surface area contributed by atoms with E-state index in [9.17, 15) is 5.11 Å². The van der Waals surface area contributed by atoms with E-state index < -0.39 is 6.10 Å². The molecule has 0 radical (unpaired) electrons. The van der Waals surface area contributed by atoms with Gasteiger partial charge in [-0.15, -0.1) is 0 Å². The molecule has 0 saturated carbocycles. The first kappa shape index (κ1) is 23.4. The van der Waals surface area contributed by atoms with Crippen LogP contribution in [-0.4, -0.2) is 67.1 Å². The third kappa shape index (κ3) is 5.44. The number of rotatable bonds is 10. The number of aromatic nitrogens is 1. The van der Waals surface area contributed by atoms with Gasteiger partial charge < -0.3 is 41.1 Å². The quantitative estimate of drug-likeness (QED) is 0.345. The van der Waals surface area contributed by atoms with Crippen LogP contribution >= 0.6 is 0 Å². The lowest BCUT2D eigenvalue weighted by molar-refractivity contribution is -0.0904. The van der Waals surface area contributed by atoms with Crippen LogP contribution in [0.4, 0.5) is 11.5 Å². The number of ether oxygens (including phenoxy) is 3. The van der Waals surface area contributed by atoms with E-state index in [-0.39, 0.29) is 37.4 Å². The van der Waals surface area contributed by atoms with E-state index in [1.54, 1.807) is 0 Å². The lowest BCUT2D eigenvalue weighted by Crippen LogP contribution is -2.29. The molecule has 178 valence electrons. The van der Waals surface area contributed by atoms with E-state index >= 15 is 0 Å². The van der Waals surface area contributed by atoms with Crippen molar-refractivity contribution in [3.8, 4) is 17.0 Å². The number of benzene rings is 1. The number of aliphatic hydroxyl groups excluding tert-OH is 1. The predicted molar refractivity (Wildman–Crippen MR) is 128 cm³/mol. The standard InChI is InChI=1S/C24H33N5O4/c1-14(2)27-23-19(11-26)21(28-22-13-33-24-18(22)6-7-31-24)9-20(29-23)15-4-3-5-17(8-15)32-12-16(30)10-25/h3-5,8-9,11,14,16,18,22,24,26,30H,6-7,10,12-13,25H2,1-2H3,(H2,27,28,29). The summed E-state index contributed by atoms with van der Waals surface area (Å²) in [5.74, 6) is 1.55. The minimum atomic E-state index is -0.715. The molecule has 3 heterocycles. The molecule has 4 unspecified atom stereocenters. The van der Waals surface area contributed by atoms with E-state index in [2.05, 4.69) is 10.6 Å². The molecule has 4 atom stereocenters. The summed E-state index contributed by atoms with van der Waals surface area (Å²) in [5, 5.41) is 24.7. The van der Waals surface area contributed by atoms with Crippen LogP contribution in [0.5, 0.6) is 5.75 Å². The molecule has 33 heavy (non-hydrogen) atoms. The molecule has 0 spiro atoms. The van der Waals surface area contributed by atoms with Crippen LogP contribution in [0.15, 0.2) is 30.3 Å². The van der Waals surface area contributed by atoms with E-state index in [4.69, 9.17) is 30.3 Å². The highest BCUT2D eigenvalue weighted by molar-refractivity contribution is 5.94. The summed E-state index contributed by atoms with van der Waals surface area (Å²) in [6.45, 7) is 5.61. The molecule has 0 aliphatic carbocycles. The molecule has 0 amide bonds. The van der Waals surface area contributed by atoms with Crippen molar-refractivity contribution in [3.63, 3.8) is 0 Å². The fraction of sp³-hybridized carbons (Fsp3) is 0.500. The SMILES string of the molecule is CC(C)Nc1nc(-c2cccc(OCC(O)CN)c2)cc(NC2COC3OCCC23)c1C=N. The first-order valence-electron chi connectivity index (χ1n) is 11.4. The van der Waals surface area contributed by atoms with Crippen molar-refractivity contribution in [2.75, 3.05) is 37.0 Å². The van der Waals surface area contributed by atoms with Gasteiger partial charge in [0.2, 0.25) is 0 Å². The molecule has 2 aromatic rings. The Balaban J connectivity index is 1.66. The predicted octanol–water partition coefficient (Wildman–Crippen LogP) is 2.44. The number of pyridine rings is 1. The van der Waals surface area contributed by atoms with Crippen molar-refractivity contribution in [3.05, 3.63) is 35.9 Å². The van der Waals surface area contributed by atoms with Gasteiger partial charge in [-0.1, -0.05) is 12.1 Å². The van der Waals surface area contributed by atoms with Gasteiger partial charge >= 0.3 is 0 Å². The van der Waals surface area contributed by atoms with Crippen LogP contribution in [0.3, 0.4) is 0 Å². The molecule has 2 aliphatic rings. The minimum Gasteiger partial charge on any atom is -0.491 e. The third-order valence-electron chi connectivity index (χ3n) is 5.85. The van der Waals surface area contributed by atoms with E-state index in [0.717, 1.165) is 23.4 Å². The molecule has 1 aromatic carbocycles. The smallest absolute Gasteiger partial charge is 0.162 e. The van der Waals surface area contributed by atoms with Crippen LogP contribution < -0.4 is 21.1 Å². The van der Waals surface area contributed by atoms with Crippen molar-refractivity contribution >= 4 is 17.7 Å². The zero-order chi connectivity index (χ0) is 23.4. The van der Waals surface area contributed by atoms with E-state index in [1.165, 1.54) is 6.21 Å². The topological polar surface area (TPSA) is 135 Å². The van der Waals surface area contributed by atoms with Crippen LogP contribution in [0.25, 0.3) is 11.3 Å². The number of nitrogens with one attached hydrogen (secondary N) is 3. The van der Waals surface area contributed by atoms with Crippen molar-refractivity contribution in [2.45, 2.75) is 44.7 Å². The summed E-state index contributed by atoms with van der Waals surface area (Å²) in [7, 11) is 0. The fourth-order valence-electron chi connectivity index (χ4n) is 4.17. The zero-order valence-corrected chi connectivity index (χ0v) is 19.1. The van der Waals surface area contributed by atoms with Gasteiger partial charge in [-0.25, -0.2) is 4.98 Å². The average Bonchev–Trinajstić information content (AvgIpc) is 3.42. The average molecular weight is 456 g/mol. The Kier molecular flexibility index (Phi) is 7.44. The second-order valence-corrected chi connectivity index (χ2v) is 8.76. The third-order valence-corrected chi connectivity index (χ3v) is 5.85. The molecule has 6 N–H and O–H groups in total. The van der Waals surface area contributed by atoms with E-state index in [0.29, 0.717) is 30.3 Å². The highest BCUT2D eigenvalue weighted by Gasteiger charge is 2.41. The summed E-state index contributed by atoms with van der Waals surface area (Å²) in [6, 6.07) is 9.78. The van der Waals surface area contributed by atoms with Gasteiger partial charge in [-0.3, -0.25) is 0 Å². The number of nitrogens with two attached hydrogens (primary N) is 1. The van der Waals surface area contributed by atoms with Crippen LogP contribution in [0, 0.1) is 11.3 Å². The van der Waals surface area contributed by atoms with Gasteiger partial charge in [-0.2, -0.15) is 0 Å². The normalized spacial score (nSPS) is 22.8. The van der Waals surface area contributed by atoms with Gasteiger partial charge in [0.05, 0.1) is 30.5 Å². The molecule has 2 aliphatic heterocycles. The summed E-state index contributed by atoms with van der Waals surface area (Å²) in [6.07, 6.45) is 1.41. The first-order valence-corrected chi connectivity index (χ1v) is 11.4. The van der Waals surface area contributed by atoms with Crippen molar-refractivity contribution in [1.29, 1.82) is 5.41 Å². The second kappa shape index (κ2) is 10.5. The molecule has 4 rings (SSSR count).